The first-order valence-electron chi connectivity index (χ1n) is 8.46. The number of carbonyl (C=O) groups is 2. The van der Waals surface area contributed by atoms with Crippen LogP contribution in [0.3, 0.4) is 0 Å². The maximum absolute atomic E-state index is 12.9. The highest BCUT2D eigenvalue weighted by Gasteiger charge is 2.53. The fourth-order valence-corrected chi connectivity index (χ4v) is 4.11. The second-order valence-electron chi connectivity index (χ2n) is 6.74. The van der Waals surface area contributed by atoms with Gasteiger partial charge in [-0.3, -0.25) is 14.6 Å². The Bertz CT molecular complexity index is 772. The molecule has 1 aliphatic carbocycles. The van der Waals surface area contributed by atoms with Crippen LogP contribution in [-0.4, -0.2) is 45.7 Å². The second-order valence-corrected chi connectivity index (χ2v) is 6.74. The van der Waals surface area contributed by atoms with E-state index >= 15 is 0 Å². The quantitative estimate of drug-likeness (QED) is 0.628. The highest BCUT2D eigenvalue weighted by Crippen LogP contribution is 2.36. The van der Waals surface area contributed by atoms with E-state index in [2.05, 4.69) is 23.1 Å². The van der Waals surface area contributed by atoms with Gasteiger partial charge in [0.1, 0.15) is 11.9 Å². The van der Waals surface area contributed by atoms with Crippen LogP contribution >= 0.6 is 0 Å². The van der Waals surface area contributed by atoms with Gasteiger partial charge in [0.2, 0.25) is 11.9 Å². The van der Waals surface area contributed by atoms with Crippen molar-refractivity contribution in [2.75, 3.05) is 13.6 Å². The SMILES string of the molecule is C=CCN1C(=O)C2C(=Nc3n(C4CCCC4)c(C)c[n+]32)N(C)C1=O. The van der Waals surface area contributed by atoms with Crippen LogP contribution in [0, 0.1) is 6.92 Å². The summed E-state index contributed by atoms with van der Waals surface area (Å²) in [5, 5.41) is 0. The van der Waals surface area contributed by atoms with E-state index in [1.165, 1.54) is 22.6 Å². The molecule has 3 amide bonds. The molecule has 0 radical (unpaired) electrons. The molecule has 0 spiro atoms. The number of hydrogen-bond donors (Lipinski definition) is 0. The molecular weight excluding hydrogens is 306 g/mol. The Morgan fingerprint density at radius 1 is 1.38 bits per heavy atom. The normalized spacial score (nSPS) is 23.6. The van der Waals surface area contributed by atoms with Crippen LogP contribution in [0.1, 0.15) is 43.5 Å². The maximum Gasteiger partial charge on any atom is 0.402 e. The van der Waals surface area contributed by atoms with E-state index in [1.807, 2.05) is 10.8 Å². The number of amides is 3. The third kappa shape index (κ3) is 1.90. The number of carbonyl (C=O) groups excluding carboxylic acids is 2. The lowest BCUT2D eigenvalue weighted by atomic mass is 10.1. The molecule has 3 aliphatic rings. The summed E-state index contributed by atoms with van der Waals surface area (Å²) in [7, 11) is 1.68. The average molecular weight is 328 g/mol. The number of likely N-dealkylation sites (N-methyl/N-ethyl adjacent to an activating group) is 1. The van der Waals surface area contributed by atoms with Crippen LogP contribution < -0.4 is 4.57 Å². The van der Waals surface area contributed by atoms with E-state index in [-0.39, 0.29) is 18.5 Å². The van der Waals surface area contributed by atoms with E-state index in [0.29, 0.717) is 11.9 Å². The highest BCUT2D eigenvalue weighted by molar-refractivity contribution is 6.19. The monoisotopic (exact) mass is 328 g/mol. The molecule has 4 rings (SSSR count). The molecule has 2 aliphatic heterocycles. The van der Waals surface area contributed by atoms with Gasteiger partial charge in [-0.1, -0.05) is 11.1 Å². The third-order valence-corrected chi connectivity index (χ3v) is 5.25. The second kappa shape index (κ2) is 5.29. The van der Waals surface area contributed by atoms with Crippen LogP contribution in [0.2, 0.25) is 0 Å². The third-order valence-electron chi connectivity index (χ3n) is 5.25. The van der Waals surface area contributed by atoms with Crippen LogP contribution in [-0.2, 0) is 4.79 Å². The summed E-state index contributed by atoms with van der Waals surface area (Å²) in [6, 6.07) is -0.458. The Labute approximate surface area is 140 Å². The fourth-order valence-electron chi connectivity index (χ4n) is 4.11. The fraction of sp³-hybridized carbons (Fsp3) is 0.529. The van der Waals surface area contributed by atoms with Crippen molar-refractivity contribution >= 4 is 23.7 Å². The van der Waals surface area contributed by atoms with Crippen molar-refractivity contribution in [3.63, 3.8) is 0 Å². The van der Waals surface area contributed by atoms with Gasteiger partial charge in [-0.05, 0) is 32.6 Å². The molecule has 1 saturated heterocycles. The predicted octanol–water partition coefficient (Wildman–Crippen LogP) is 1.86. The topological polar surface area (TPSA) is 61.8 Å². The van der Waals surface area contributed by atoms with Gasteiger partial charge in [0.15, 0.2) is 0 Å². The molecule has 1 aromatic rings. The summed E-state index contributed by atoms with van der Waals surface area (Å²) >= 11 is 0. The highest BCUT2D eigenvalue weighted by atomic mass is 16.2. The number of imide groups is 1. The molecule has 0 bridgehead atoms. The van der Waals surface area contributed by atoms with Gasteiger partial charge < -0.3 is 0 Å². The van der Waals surface area contributed by atoms with Gasteiger partial charge in [-0.15, -0.1) is 6.58 Å². The zero-order valence-corrected chi connectivity index (χ0v) is 14.1. The van der Waals surface area contributed by atoms with Gasteiger partial charge >= 0.3 is 12.0 Å². The molecular formula is C17H22N5O2+. The lowest BCUT2D eigenvalue weighted by molar-refractivity contribution is -0.677. The minimum Gasteiger partial charge on any atom is -0.270 e. The van der Waals surface area contributed by atoms with E-state index in [9.17, 15) is 9.59 Å². The predicted molar refractivity (Wildman–Crippen MR) is 88.1 cm³/mol. The number of aliphatic imine (C=N–C) groups is 1. The van der Waals surface area contributed by atoms with Crippen LogP contribution in [0.4, 0.5) is 10.7 Å². The molecule has 1 unspecified atom stereocenters. The van der Waals surface area contributed by atoms with Crippen molar-refractivity contribution in [1.82, 2.24) is 14.4 Å². The van der Waals surface area contributed by atoms with Gasteiger partial charge in [-0.25, -0.2) is 13.9 Å². The van der Waals surface area contributed by atoms with Gasteiger partial charge in [0.25, 0.3) is 5.91 Å². The molecule has 7 nitrogen and oxygen atoms in total. The Morgan fingerprint density at radius 3 is 2.75 bits per heavy atom. The molecule has 24 heavy (non-hydrogen) atoms. The van der Waals surface area contributed by atoms with Gasteiger partial charge in [0, 0.05) is 13.6 Å². The lowest BCUT2D eigenvalue weighted by Crippen LogP contribution is -2.62. The molecule has 126 valence electrons. The maximum atomic E-state index is 12.9. The van der Waals surface area contributed by atoms with Crippen molar-refractivity contribution in [2.45, 2.75) is 44.7 Å². The zero-order valence-electron chi connectivity index (χ0n) is 14.1. The average Bonchev–Trinajstić information content (AvgIpc) is 3.24. The van der Waals surface area contributed by atoms with Crippen molar-refractivity contribution in [3.8, 4) is 0 Å². The summed E-state index contributed by atoms with van der Waals surface area (Å²) < 4.78 is 4.16. The van der Waals surface area contributed by atoms with Crippen molar-refractivity contribution in [1.29, 1.82) is 0 Å². The lowest BCUT2D eigenvalue weighted by Gasteiger charge is -2.32. The number of rotatable bonds is 3. The van der Waals surface area contributed by atoms with Crippen LogP contribution in [0.5, 0.6) is 0 Å². The summed E-state index contributed by atoms with van der Waals surface area (Å²) in [4.78, 5) is 32.7. The Kier molecular flexibility index (Phi) is 3.33. The molecule has 0 N–H and O–H groups in total. The Hall–Kier alpha value is -2.44. The number of hydrogen-bond acceptors (Lipinski definition) is 3. The van der Waals surface area contributed by atoms with Crippen molar-refractivity contribution in [2.24, 2.45) is 4.99 Å². The van der Waals surface area contributed by atoms with E-state index in [4.69, 9.17) is 0 Å². The van der Waals surface area contributed by atoms with Crippen LogP contribution in [0.25, 0.3) is 0 Å². The van der Waals surface area contributed by atoms with E-state index < -0.39 is 6.04 Å². The number of aryl methyl sites for hydroxylation is 1. The van der Waals surface area contributed by atoms with Gasteiger partial charge in [-0.2, -0.15) is 0 Å². The van der Waals surface area contributed by atoms with Crippen molar-refractivity contribution in [3.05, 3.63) is 24.5 Å². The number of fused-ring (bicyclic) bond motifs is 3. The molecule has 0 aromatic carbocycles. The molecule has 1 aromatic heterocycles. The minimum absolute atomic E-state index is 0.212. The molecule has 7 heteroatoms. The Morgan fingerprint density at radius 2 is 2.08 bits per heavy atom. The van der Waals surface area contributed by atoms with E-state index in [0.717, 1.165) is 24.5 Å². The first kappa shape index (κ1) is 15.1. The first-order chi connectivity index (χ1) is 11.5. The molecule has 2 fully saturated rings. The summed E-state index contributed by atoms with van der Waals surface area (Å²) in [5.41, 5.74) is 1.11. The number of aromatic nitrogens is 2. The zero-order chi connectivity index (χ0) is 17.0. The van der Waals surface area contributed by atoms with Gasteiger partial charge in [0.05, 0.1) is 6.04 Å². The first-order valence-corrected chi connectivity index (χ1v) is 8.46. The summed E-state index contributed by atoms with van der Waals surface area (Å²) in [5.74, 6) is 1.07. The molecule has 3 heterocycles. The number of nitrogens with zero attached hydrogens (tertiary/aromatic N) is 5. The number of urea groups is 1. The van der Waals surface area contributed by atoms with E-state index in [1.54, 1.807) is 13.1 Å². The summed E-state index contributed by atoms with van der Waals surface area (Å²) in [6.07, 6.45) is 8.30. The smallest absolute Gasteiger partial charge is 0.270 e. The van der Waals surface area contributed by atoms with Crippen molar-refractivity contribution < 1.29 is 14.2 Å². The number of amidine groups is 1. The molecule has 1 atom stereocenters. The van der Waals surface area contributed by atoms with Crippen LogP contribution in [0.15, 0.2) is 23.8 Å². The minimum atomic E-state index is -0.552. The largest absolute Gasteiger partial charge is 0.402 e. The standard InChI is InChI=1S/C17H22N5O2/c1-4-9-20-15(23)13-14(19(3)17(20)24)18-16-21(13)10-11(2)22(16)12-7-5-6-8-12/h4,10,12-13H,1,5-9H2,2-3H3/q+1. The number of imidazole rings is 1. The summed E-state index contributed by atoms with van der Waals surface area (Å²) in [6.45, 7) is 5.91. The Balaban J connectivity index is 1.81. The molecule has 1 saturated carbocycles.